The highest BCUT2D eigenvalue weighted by molar-refractivity contribution is 5.90. The maximum Gasteiger partial charge on any atom is 0.328 e. The largest absolute Gasteiger partial charge is 0.512 e. The van der Waals surface area contributed by atoms with Gasteiger partial charge < -0.3 is 35.5 Å². The standard InChI is InChI=1S/C33H46N2O8/c1-7-20(3)30(34)32(38)42-26-15-11-22(17-28(26)40-5)9-13-24(36)19-25(37)14-10-23-12-16-27(29(18-23)41-6)43-33(39)31(35)21(4)8-2/h11-12,15-21,30-31,36H,7-10,13-14,34-35H2,1-6H3/b24-19-. The third kappa shape index (κ3) is 10.7. The number of aliphatic hydroxyl groups excluding tert-OH is 1. The van der Waals surface area contributed by atoms with Gasteiger partial charge in [0.2, 0.25) is 0 Å². The van der Waals surface area contributed by atoms with E-state index in [0.29, 0.717) is 24.3 Å². The number of carbonyl (C=O) groups excluding carboxylic acids is 3. The minimum Gasteiger partial charge on any atom is -0.512 e. The van der Waals surface area contributed by atoms with Gasteiger partial charge in [-0.3, -0.25) is 4.79 Å². The monoisotopic (exact) mass is 598 g/mol. The van der Waals surface area contributed by atoms with Crippen LogP contribution in [0.3, 0.4) is 0 Å². The summed E-state index contributed by atoms with van der Waals surface area (Å²) in [5.74, 6) is -0.116. The average Bonchev–Trinajstić information content (AvgIpc) is 3.01. The van der Waals surface area contributed by atoms with Crippen molar-refractivity contribution >= 4 is 17.7 Å². The minimum absolute atomic E-state index is 0.0192. The highest BCUT2D eigenvalue weighted by Crippen LogP contribution is 2.31. The zero-order valence-corrected chi connectivity index (χ0v) is 26.1. The van der Waals surface area contributed by atoms with Crippen LogP contribution in [0, 0.1) is 11.8 Å². The summed E-state index contributed by atoms with van der Waals surface area (Å²) < 4.78 is 21.6. The molecule has 10 heteroatoms. The summed E-state index contributed by atoms with van der Waals surface area (Å²) >= 11 is 0. The summed E-state index contributed by atoms with van der Waals surface area (Å²) in [6.45, 7) is 7.68. The number of aliphatic hydroxyl groups is 1. The Kier molecular flexibility index (Phi) is 14.2. The number of hydrogen-bond acceptors (Lipinski definition) is 10. The van der Waals surface area contributed by atoms with Gasteiger partial charge in [0.05, 0.1) is 20.0 Å². The lowest BCUT2D eigenvalue weighted by Gasteiger charge is -2.18. The zero-order valence-electron chi connectivity index (χ0n) is 26.1. The number of nitrogens with two attached hydrogens (primary N) is 2. The molecule has 0 bridgehead atoms. The van der Waals surface area contributed by atoms with Crippen LogP contribution in [0.4, 0.5) is 0 Å². The number of hydrogen-bond donors (Lipinski definition) is 3. The van der Waals surface area contributed by atoms with Crippen molar-refractivity contribution in [3.63, 3.8) is 0 Å². The van der Waals surface area contributed by atoms with Crippen LogP contribution in [-0.4, -0.2) is 49.1 Å². The summed E-state index contributed by atoms with van der Waals surface area (Å²) in [5, 5.41) is 10.4. The molecule has 2 aromatic carbocycles. The van der Waals surface area contributed by atoms with Gasteiger partial charge in [-0.05, 0) is 60.1 Å². The van der Waals surface area contributed by atoms with Gasteiger partial charge in [-0.2, -0.15) is 0 Å². The van der Waals surface area contributed by atoms with Gasteiger partial charge in [0.15, 0.2) is 28.8 Å². The molecule has 2 aromatic rings. The maximum absolute atomic E-state index is 12.5. The van der Waals surface area contributed by atoms with E-state index in [-0.39, 0.29) is 47.7 Å². The highest BCUT2D eigenvalue weighted by atomic mass is 16.6. The Bertz CT molecular complexity index is 1280. The topological polar surface area (TPSA) is 160 Å². The van der Waals surface area contributed by atoms with E-state index in [0.717, 1.165) is 24.0 Å². The van der Waals surface area contributed by atoms with Crippen LogP contribution < -0.4 is 30.4 Å². The molecule has 0 aliphatic rings. The van der Waals surface area contributed by atoms with Crippen molar-refractivity contribution < 1.29 is 38.4 Å². The molecule has 0 radical (unpaired) electrons. The Morgan fingerprint density at radius 1 is 0.744 bits per heavy atom. The summed E-state index contributed by atoms with van der Waals surface area (Å²) in [7, 11) is 2.94. The number of ketones is 1. The van der Waals surface area contributed by atoms with E-state index in [1.165, 1.54) is 20.3 Å². The lowest BCUT2D eigenvalue weighted by atomic mass is 10.0. The van der Waals surface area contributed by atoms with Gasteiger partial charge in [-0.15, -0.1) is 0 Å². The molecule has 0 aromatic heterocycles. The first-order chi connectivity index (χ1) is 20.4. The van der Waals surface area contributed by atoms with Crippen LogP contribution in [0.15, 0.2) is 48.2 Å². The van der Waals surface area contributed by atoms with E-state index in [9.17, 15) is 19.5 Å². The highest BCUT2D eigenvalue weighted by Gasteiger charge is 2.24. The quantitative estimate of drug-likeness (QED) is 0.0995. The molecular weight excluding hydrogens is 552 g/mol. The average molecular weight is 599 g/mol. The summed E-state index contributed by atoms with van der Waals surface area (Å²) in [6, 6.07) is 8.72. The van der Waals surface area contributed by atoms with E-state index in [1.54, 1.807) is 36.4 Å². The smallest absolute Gasteiger partial charge is 0.328 e. The Labute approximate surface area is 254 Å². The second-order valence-corrected chi connectivity index (χ2v) is 10.7. The Balaban J connectivity index is 1.93. The van der Waals surface area contributed by atoms with Crippen molar-refractivity contribution in [2.75, 3.05) is 14.2 Å². The number of carbonyl (C=O) groups is 3. The first-order valence-electron chi connectivity index (χ1n) is 14.6. The van der Waals surface area contributed by atoms with Gasteiger partial charge in [0.1, 0.15) is 12.1 Å². The first kappa shape index (κ1) is 35.3. The van der Waals surface area contributed by atoms with Crippen molar-refractivity contribution in [1.82, 2.24) is 0 Å². The number of esters is 2. The third-order valence-electron chi connectivity index (χ3n) is 7.59. The van der Waals surface area contributed by atoms with Crippen molar-refractivity contribution in [3.8, 4) is 23.0 Å². The number of methoxy groups -OCH3 is 2. The van der Waals surface area contributed by atoms with Crippen LogP contribution >= 0.6 is 0 Å². The summed E-state index contributed by atoms with van der Waals surface area (Å²) in [5.41, 5.74) is 13.6. The fraction of sp³-hybridized carbons (Fsp3) is 0.485. The molecule has 0 saturated carbocycles. The fourth-order valence-electron chi connectivity index (χ4n) is 4.10. The van der Waals surface area contributed by atoms with Crippen LogP contribution in [0.5, 0.6) is 23.0 Å². The maximum atomic E-state index is 12.5. The van der Waals surface area contributed by atoms with E-state index in [4.69, 9.17) is 30.4 Å². The lowest BCUT2D eigenvalue weighted by Crippen LogP contribution is -2.39. The number of aryl methyl sites for hydroxylation is 2. The Hall–Kier alpha value is -3.89. The Morgan fingerprint density at radius 2 is 1.16 bits per heavy atom. The summed E-state index contributed by atoms with van der Waals surface area (Å²) in [4.78, 5) is 37.2. The SMILES string of the molecule is CCC(C)C(N)C(=O)Oc1ccc(CCC(=O)/C=C(\O)CCc2ccc(OC(=O)C(N)C(C)CC)c(OC)c2)cc1OC. The molecular formula is C33H46N2O8. The molecule has 0 amide bonds. The van der Waals surface area contributed by atoms with Gasteiger partial charge in [-0.25, -0.2) is 9.59 Å². The lowest BCUT2D eigenvalue weighted by molar-refractivity contribution is -0.138. The van der Waals surface area contributed by atoms with Crippen LogP contribution in [-0.2, 0) is 27.2 Å². The van der Waals surface area contributed by atoms with Crippen LogP contribution in [0.1, 0.15) is 64.5 Å². The normalized spacial score (nSPS) is 14.3. The third-order valence-corrected chi connectivity index (χ3v) is 7.59. The van der Waals surface area contributed by atoms with Crippen LogP contribution in [0.25, 0.3) is 0 Å². The van der Waals surface area contributed by atoms with Crippen molar-refractivity contribution in [2.24, 2.45) is 23.3 Å². The van der Waals surface area contributed by atoms with E-state index < -0.39 is 24.0 Å². The minimum atomic E-state index is -0.740. The fourth-order valence-corrected chi connectivity index (χ4v) is 4.10. The van der Waals surface area contributed by atoms with E-state index in [2.05, 4.69) is 0 Å². The molecule has 5 N–H and O–H groups in total. The second-order valence-electron chi connectivity index (χ2n) is 10.7. The van der Waals surface area contributed by atoms with Gasteiger partial charge in [0, 0.05) is 18.9 Å². The number of allylic oxidation sites excluding steroid dienone is 2. The van der Waals surface area contributed by atoms with E-state index in [1.807, 2.05) is 27.7 Å². The van der Waals surface area contributed by atoms with Crippen molar-refractivity contribution in [3.05, 3.63) is 59.4 Å². The molecule has 10 nitrogen and oxygen atoms in total. The molecule has 0 fully saturated rings. The second kappa shape index (κ2) is 17.3. The molecule has 2 rings (SSSR count). The predicted molar refractivity (Wildman–Crippen MR) is 164 cm³/mol. The molecule has 0 aliphatic carbocycles. The molecule has 236 valence electrons. The molecule has 0 aliphatic heterocycles. The van der Waals surface area contributed by atoms with Crippen molar-refractivity contribution in [2.45, 2.75) is 78.3 Å². The van der Waals surface area contributed by atoms with Gasteiger partial charge >= 0.3 is 11.9 Å². The molecule has 43 heavy (non-hydrogen) atoms. The van der Waals surface area contributed by atoms with Gasteiger partial charge in [-0.1, -0.05) is 52.7 Å². The molecule has 4 unspecified atom stereocenters. The number of benzene rings is 2. The van der Waals surface area contributed by atoms with E-state index >= 15 is 0 Å². The summed E-state index contributed by atoms with van der Waals surface area (Å²) in [6.07, 6.45) is 3.97. The zero-order chi connectivity index (χ0) is 32.1. The molecule has 0 heterocycles. The number of rotatable bonds is 17. The molecule has 0 spiro atoms. The number of ether oxygens (including phenoxy) is 4. The predicted octanol–water partition coefficient (Wildman–Crippen LogP) is 4.84. The Morgan fingerprint density at radius 3 is 1.56 bits per heavy atom. The van der Waals surface area contributed by atoms with Gasteiger partial charge in [0.25, 0.3) is 0 Å². The first-order valence-corrected chi connectivity index (χ1v) is 14.6. The van der Waals surface area contributed by atoms with Crippen molar-refractivity contribution in [1.29, 1.82) is 0 Å². The molecule has 4 atom stereocenters. The molecule has 0 saturated heterocycles. The van der Waals surface area contributed by atoms with Crippen LogP contribution in [0.2, 0.25) is 0 Å².